The fourth-order valence-electron chi connectivity index (χ4n) is 4.27. The second kappa shape index (κ2) is 8.38. The van der Waals surface area contributed by atoms with Crippen LogP contribution in [-0.2, 0) is 6.18 Å². The van der Waals surface area contributed by atoms with Crippen LogP contribution in [0.25, 0.3) is 31.7 Å². The number of halogens is 3. The molecule has 2 aliphatic heterocycles. The molecule has 2 aliphatic rings. The van der Waals surface area contributed by atoms with E-state index in [0.717, 1.165) is 30.5 Å². The Morgan fingerprint density at radius 1 is 1.09 bits per heavy atom. The average Bonchev–Trinajstić information content (AvgIpc) is 3.47. The zero-order valence-electron chi connectivity index (χ0n) is 18.6. The first-order valence-corrected chi connectivity index (χ1v) is 11.9. The molecular formula is C23H20F3N5O3S. The molecule has 35 heavy (non-hydrogen) atoms. The second-order valence-corrected chi connectivity index (χ2v) is 9.08. The van der Waals surface area contributed by atoms with E-state index in [1.165, 1.54) is 0 Å². The lowest BCUT2D eigenvalue weighted by Gasteiger charge is -2.27. The highest BCUT2D eigenvalue weighted by Crippen LogP contribution is 2.46. The van der Waals surface area contributed by atoms with Crippen molar-refractivity contribution in [3.05, 3.63) is 29.8 Å². The number of pyridine rings is 1. The molecule has 12 heteroatoms. The Bertz CT molecular complexity index is 1440. The molecule has 3 aromatic heterocycles. The lowest BCUT2D eigenvalue weighted by atomic mass is 10.1. The number of piperazine rings is 1. The van der Waals surface area contributed by atoms with Crippen LogP contribution in [0.4, 0.5) is 19.1 Å². The van der Waals surface area contributed by atoms with Crippen molar-refractivity contribution in [1.82, 2.24) is 20.3 Å². The number of fused-ring (bicyclic) bond motifs is 4. The van der Waals surface area contributed by atoms with Crippen molar-refractivity contribution in [1.29, 1.82) is 0 Å². The average molecular weight is 504 g/mol. The van der Waals surface area contributed by atoms with Gasteiger partial charge in [0.15, 0.2) is 11.5 Å². The minimum absolute atomic E-state index is 0.0401. The number of anilines is 1. The number of nitrogens with zero attached hydrogens (tertiary/aromatic N) is 4. The number of aromatic nitrogens is 3. The Kier molecular flexibility index (Phi) is 5.29. The predicted molar refractivity (Wildman–Crippen MR) is 126 cm³/mol. The highest BCUT2D eigenvalue weighted by atomic mass is 32.1. The van der Waals surface area contributed by atoms with Crippen molar-refractivity contribution in [3.8, 4) is 28.6 Å². The van der Waals surface area contributed by atoms with Gasteiger partial charge in [0.25, 0.3) is 0 Å². The van der Waals surface area contributed by atoms with Crippen LogP contribution in [-0.4, -0.2) is 54.5 Å². The SMILES string of the molecule is CCOc1nc(N2CCNCC2)nc2c1sc1nc(-c3ccc4c(c3)OCO4)cc(C(F)(F)F)c12. The van der Waals surface area contributed by atoms with Crippen LogP contribution in [0, 0.1) is 0 Å². The number of benzene rings is 1. The zero-order valence-corrected chi connectivity index (χ0v) is 19.4. The number of hydrogen-bond acceptors (Lipinski definition) is 9. The fraction of sp³-hybridized carbons (Fsp3) is 0.348. The molecular weight excluding hydrogens is 483 g/mol. The van der Waals surface area contributed by atoms with Gasteiger partial charge >= 0.3 is 6.18 Å². The molecule has 1 aromatic carbocycles. The van der Waals surface area contributed by atoms with E-state index < -0.39 is 11.7 Å². The molecule has 4 aromatic rings. The van der Waals surface area contributed by atoms with Crippen molar-refractivity contribution in [2.24, 2.45) is 0 Å². The van der Waals surface area contributed by atoms with Crippen molar-refractivity contribution >= 4 is 37.7 Å². The van der Waals surface area contributed by atoms with Crippen LogP contribution in [0.1, 0.15) is 12.5 Å². The van der Waals surface area contributed by atoms with Gasteiger partial charge in [-0.1, -0.05) is 0 Å². The van der Waals surface area contributed by atoms with Crippen molar-refractivity contribution in [2.75, 3.05) is 44.5 Å². The Labute approximate surface area is 201 Å². The maximum Gasteiger partial charge on any atom is 0.417 e. The van der Waals surface area contributed by atoms with Gasteiger partial charge < -0.3 is 24.4 Å². The van der Waals surface area contributed by atoms with Gasteiger partial charge in [0.05, 0.1) is 23.3 Å². The number of hydrogen-bond donors (Lipinski definition) is 1. The summed E-state index contributed by atoms with van der Waals surface area (Å²) in [7, 11) is 0. The molecule has 0 saturated carbocycles. The molecule has 0 atom stereocenters. The van der Waals surface area contributed by atoms with Crippen LogP contribution in [0.5, 0.6) is 17.4 Å². The number of thiophene rings is 1. The van der Waals surface area contributed by atoms with Crippen LogP contribution >= 0.6 is 11.3 Å². The third-order valence-corrected chi connectivity index (χ3v) is 6.96. The van der Waals surface area contributed by atoms with Gasteiger partial charge in [-0.2, -0.15) is 18.2 Å². The topological polar surface area (TPSA) is 81.6 Å². The molecule has 0 spiro atoms. The van der Waals surface area contributed by atoms with E-state index in [2.05, 4.69) is 20.3 Å². The maximum atomic E-state index is 14.4. The van der Waals surface area contributed by atoms with Crippen molar-refractivity contribution in [3.63, 3.8) is 0 Å². The van der Waals surface area contributed by atoms with Crippen LogP contribution in [0.2, 0.25) is 0 Å². The molecule has 5 heterocycles. The zero-order chi connectivity index (χ0) is 24.2. The lowest BCUT2D eigenvalue weighted by Crippen LogP contribution is -2.44. The summed E-state index contributed by atoms with van der Waals surface area (Å²) in [6, 6.07) is 6.04. The lowest BCUT2D eigenvalue weighted by molar-refractivity contribution is -0.136. The van der Waals surface area contributed by atoms with Crippen LogP contribution < -0.4 is 24.4 Å². The Balaban J connectivity index is 1.59. The first kappa shape index (κ1) is 22.1. The monoisotopic (exact) mass is 503 g/mol. The third kappa shape index (κ3) is 3.86. The number of nitrogens with one attached hydrogen (secondary N) is 1. The number of ether oxygens (including phenoxy) is 3. The molecule has 1 N–H and O–H groups in total. The van der Waals surface area contributed by atoms with Crippen molar-refractivity contribution < 1.29 is 27.4 Å². The number of alkyl halides is 3. The molecule has 182 valence electrons. The van der Waals surface area contributed by atoms with E-state index in [9.17, 15) is 13.2 Å². The fourth-order valence-corrected chi connectivity index (χ4v) is 5.35. The summed E-state index contributed by atoms with van der Waals surface area (Å²) in [5.41, 5.74) is 0.0857. The van der Waals surface area contributed by atoms with Gasteiger partial charge in [0, 0.05) is 31.7 Å². The van der Waals surface area contributed by atoms with Gasteiger partial charge in [-0.05, 0) is 31.2 Å². The Morgan fingerprint density at radius 3 is 2.66 bits per heavy atom. The molecule has 6 rings (SSSR count). The van der Waals surface area contributed by atoms with E-state index in [1.54, 1.807) is 18.2 Å². The summed E-state index contributed by atoms with van der Waals surface area (Å²) >= 11 is 1.10. The first-order valence-electron chi connectivity index (χ1n) is 11.1. The Morgan fingerprint density at radius 2 is 1.89 bits per heavy atom. The van der Waals surface area contributed by atoms with Crippen LogP contribution in [0.15, 0.2) is 24.3 Å². The molecule has 0 amide bonds. The molecule has 1 fully saturated rings. The van der Waals surface area contributed by atoms with Gasteiger partial charge in [-0.25, -0.2) is 9.97 Å². The van der Waals surface area contributed by atoms with Gasteiger partial charge in [0.2, 0.25) is 18.6 Å². The van der Waals surface area contributed by atoms with Crippen LogP contribution in [0.3, 0.4) is 0 Å². The van der Waals surface area contributed by atoms with E-state index in [-0.39, 0.29) is 34.1 Å². The summed E-state index contributed by atoms with van der Waals surface area (Å²) in [5, 5.41) is 3.21. The highest BCUT2D eigenvalue weighted by Gasteiger charge is 2.36. The summed E-state index contributed by atoms with van der Waals surface area (Å²) in [4.78, 5) is 15.9. The normalized spacial score (nSPS) is 15.8. The standard InChI is InChI=1S/C23H20F3N5O3S/c1-2-32-20-19-18(29-22(30-20)31-7-5-27-6-8-31)17-13(23(24,25)26)10-14(28-21(17)35-19)12-3-4-15-16(9-12)34-11-33-15/h3-4,9-10,27H,2,5-8,11H2,1H3. The van der Waals surface area contributed by atoms with Crippen molar-refractivity contribution in [2.45, 2.75) is 13.1 Å². The van der Waals surface area contributed by atoms with Gasteiger partial charge in [-0.3, -0.25) is 0 Å². The van der Waals surface area contributed by atoms with Gasteiger partial charge in [0.1, 0.15) is 15.0 Å². The molecule has 0 bridgehead atoms. The minimum atomic E-state index is -4.62. The predicted octanol–water partition coefficient (Wildman–Crippen LogP) is 4.46. The summed E-state index contributed by atoms with van der Waals surface area (Å²) < 4.78 is 60.0. The summed E-state index contributed by atoms with van der Waals surface area (Å²) in [5.74, 6) is 1.64. The molecule has 0 unspecified atom stereocenters. The quantitative estimate of drug-likeness (QED) is 0.437. The van der Waals surface area contributed by atoms with Gasteiger partial charge in [-0.15, -0.1) is 11.3 Å². The summed E-state index contributed by atoms with van der Waals surface area (Å²) in [6.45, 7) is 4.99. The third-order valence-electron chi connectivity index (χ3n) is 5.90. The largest absolute Gasteiger partial charge is 0.477 e. The Hall–Kier alpha value is -3.38. The molecule has 1 saturated heterocycles. The second-order valence-electron chi connectivity index (χ2n) is 8.08. The van der Waals surface area contributed by atoms with E-state index in [1.807, 2.05) is 11.8 Å². The molecule has 0 aliphatic carbocycles. The maximum absolute atomic E-state index is 14.4. The summed E-state index contributed by atoms with van der Waals surface area (Å²) in [6.07, 6.45) is -4.62. The van der Waals surface area contributed by atoms with E-state index in [4.69, 9.17) is 14.2 Å². The highest BCUT2D eigenvalue weighted by molar-refractivity contribution is 7.25. The first-order chi connectivity index (χ1) is 16.9. The smallest absolute Gasteiger partial charge is 0.417 e. The minimum Gasteiger partial charge on any atom is -0.477 e. The van der Waals surface area contributed by atoms with E-state index >= 15 is 0 Å². The number of rotatable bonds is 4. The molecule has 0 radical (unpaired) electrons. The van der Waals surface area contributed by atoms with E-state index in [0.29, 0.717) is 47.4 Å². The molecule has 8 nitrogen and oxygen atoms in total.